The van der Waals surface area contributed by atoms with Crippen molar-refractivity contribution in [2.24, 2.45) is 0 Å². The first-order valence-electron chi connectivity index (χ1n) is 12.2. The molecule has 0 saturated carbocycles. The number of anilines is 1. The highest BCUT2D eigenvalue weighted by molar-refractivity contribution is 5.96. The molecule has 3 heterocycles. The van der Waals surface area contributed by atoms with Crippen LogP contribution in [0.1, 0.15) is 47.2 Å². The number of fused-ring (bicyclic) bond motifs is 1. The zero-order chi connectivity index (χ0) is 24.2. The molecular formula is C28H31N5O2. The molecule has 7 nitrogen and oxygen atoms in total. The molecule has 35 heavy (non-hydrogen) atoms. The Morgan fingerprint density at radius 1 is 1.17 bits per heavy atom. The van der Waals surface area contributed by atoms with Crippen molar-refractivity contribution in [2.75, 3.05) is 32.1 Å². The van der Waals surface area contributed by atoms with Gasteiger partial charge in [0.15, 0.2) is 12.2 Å². The van der Waals surface area contributed by atoms with Gasteiger partial charge in [-0.05, 0) is 81.2 Å². The molecule has 7 heteroatoms. The molecule has 1 aliphatic heterocycles. The normalized spacial score (nSPS) is 19.1. The van der Waals surface area contributed by atoms with Gasteiger partial charge in [-0.15, -0.1) is 0 Å². The highest BCUT2D eigenvalue weighted by atomic mass is 16.3. The second kappa shape index (κ2) is 10.3. The second-order valence-corrected chi connectivity index (χ2v) is 9.32. The number of nitrogens with one attached hydrogen (secondary N) is 1. The number of amides is 1. The van der Waals surface area contributed by atoms with E-state index in [9.17, 15) is 4.79 Å². The van der Waals surface area contributed by atoms with Crippen LogP contribution in [0.25, 0.3) is 23.5 Å². The van der Waals surface area contributed by atoms with Gasteiger partial charge in [-0.2, -0.15) is 0 Å². The van der Waals surface area contributed by atoms with E-state index in [0.717, 1.165) is 72.7 Å². The summed E-state index contributed by atoms with van der Waals surface area (Å²) in [5.41, 5.74) is 4.59. The monoisotopic (exact) mass is 469 g/mol. The van der Waals surface area contributed by atoms with Gasteiger partial charge in [0.1, 0.15) is 5.82 Å². The Bertz CT molecular complexity index is 1240. The molecule has 1 fully saturated rings. The van der Waals surface area contributed by atoms with Crippen LogP contribution in [0.3, 0.4) is 0 Å². The number of allylic oxidation sites excluding steroid dienone is 2. The molecule has 2 aliphatic rings. The lowest BCUT2D eigenvalue weighted by molar-refractivity contribution is 0.0965. The summed E-state index contributed by atoms with van der Waals surface area (Å²) < 4.78 is 5.46. The van der Waals surface area contributed by atoms with Crippen molar-refractivity contribution >= 4 is 23.9 Å². The van der Waals surface area contributed by atoms with Gasteiger partial charge in [0, 0.05) is 36.1 Å². The molecule has 5 rings (SSSR count). The van der Waals surface area contributed by atoms with Crippen molar-refractivity contribution in [3.05, 3.63) is 77.6 Å². The number of pyridine rings is 1. The molecule has 0 atom stereocenters. The first-order valence-corrected chi connectivity index (χ1v) is 12.2. The van der Waals surface area contributed by atoms with E-state index in [2.05, 4.69) is 69.5 Å². The average molecular weight is 470 g/mol. The van der Waals surface area contributed by atoms with Crippen LogP contribution >= 0.6 is 0 Å². The lowest BCUT2D eigenvalue weighted by Crippen LogP contribution is -2.42. The molecule has 0 unspecified atom stereocenters. The number of oxazole rings is 1. The minimum absolute atomic E-state index is 0.117. The lowest BCUT2D eigenvalue weighted by atomic mass is 9.98. The quantitative estimate of drug-likeness (QED) is 0.576. The maximum atomic E-state index is 13.2. The van der Waals surface area contributed by atoms with E-state index in [0.29, 0.717) is 11.6 Å². The molecule has 3 aromatic rings. The summed E-state index contributed by atoms with van der Waals surface area (Å²) in [5.74, 6) is 1.44. The summed E-state index contributed by atoms with van der Waals surface area (Å²) >= 11 is 0. The van der Waals surface area contributed by atoms with Crippen LogP contribution in [-0.4, -0.2) is 54.0 Å². The Kier molecular flexibility index (Phi) is 6.77. The van der Waals surface area contributed by atoms with E-state index in [1.54, 1.807) is 18.5 Å². The summed E-state index contributed by atoms with van der Waals surface area (Å²) in [7, 11) is 4.24. The van der Waals surface area contributed by atoms with Crippen molar-refractivity contribution in [1.82, 2.24) is 20.2 Å². The first-order chi connectivity index (χ1) is 17.1. The highest BCUT2D eigenvalue weighted by Gasteiger charge is 2.22. The van der Waals surface area contributed by atoms with Crippen molar-refractivity contribution in [3.8, 4) is 11.3 Å². The predicted molar refractivity (Wildman–Crippen MR) is 139 cm³/mol. The number of carbonyl (C=O) groups excluding carboxylic acids is 1. The van der Waals surface area contributed by atoms with Crippen LogP contribution in [0.4, 0.5) is 5.82 Å². The fourth-order valence-corrected chi connectivity index (χ4v) is 4.71. The third-order valence-corrected chi connectivity index (χ3v) is 6.89. The van der Waals surface area contributed by atoms with Crippen LogP contribution in [-0.2, 0) is 0 Å². The summed E-state index contributed by atoms with van der Waals surface area (Å²) in [6, 6.07) is 10.3. The molecule has 180 valence electrons. The largest absolute Gasteiger partial charge is 0.444 e. The van der Waals surface area contributed by atoms with Crippen LogP contribution in [0.2, 0.25) is 0 Å². The van der Waals surface area contributed by atoms with E-state index >= 15 is 0 Å². The van der Waals surface area contributed by atoms with Gasteiger partial charge < -0.3 is 19.5 Å². The first kappa shape index (κ1) is 23.1. The number of piperidine rings is 1. The SMILES string of the molecule is CN1CCC(N(C)c2cc(C(=O)N/C3=C/c4cc(-c5cnco5)ccc4/C=C\CC3)ccn2)CC1. The minimum atomic E-state index is -0.117. The average Bonchev–Trinajstić information content (AvgIpc) is 3.41. The maximum Gasteiger partial charge on any atom is 0.255 e. The lowest BCUT2D eigenvalue weighted by Gasteiger charge is -2.35. The van der Waals surface area contributed by atoms with Crippen LogP contribution in [0.15, 0.2) is 65.3 Å². The number of hydrogen-bond acceptors (Lipinski definition) is 6. The maximum absolute atomic E-state index is 13.2. The standard InChI is InChI=1S/C28H31N5O2/c1-32-13-10-25(11-14-32)33(2)27-17-22(9-12-30-27)28(34)31-24-6-4-3-5-20-7-8-21(15-23(20)16-24)26-18-29-19-35-26/h3,5,7-9,12,15-19,25H,4,6,10-11,13-14H2,1-2H3,(H,31,34)/b5-3-,24-16+. The van der Waals surface area contributed by atoms with Gasteiger partial charge in [-0.1, -0.05) is 24.3 Å². The number of benzene rings is 1. The smallest absolute Gasteiger partial charge is 0.255 e. The molecule has 1 aliphatic carbocycles. The number of carbonyl (C=O) groups is 1. The Balaban J connectivity index is 1.35. The molecule has 2 aromatic heterocycles. The third kappa shape index (κ3) is 5.35. The van der Waals surface area contributed by atoms with Crippen molar-refractivity contribution in [3.63, 3.8) is 0 Å². The summed E-state index contributed by atoms with van der Waals surface area (Å²) in [6.45, 7) is 2.16. The number of rotatable bonds is 5. The van der Waals surface area contributed by atoms with Gasteiger partial charge in [0.25, 0.3) is 5.91 Å². The Labute approximate surface area is 206 Å². The zero-order valence-electron chi connectivity index (χ0n) is 20.3. The van der Waals surface area contributed by atoms with Crippen molar-refractivity contribution < 1.29 is 9.21 Å². The second-order valence-electron chi connectivity index (χ2n) is 9.32. The van der Waals surface area contributed by atoms with E-state index in [-0.39, 0.29) is 5.91 Å². The van der Waals surface area contributed by atoms with Crippen molar-refractivity contribution in [2.45, 2.75) is 31.7 Å². The Morgan fingerprint density at radius 3 is 2.83 bits per heavy atom. The minimum Gasteiger partial charge on any atom is -0.444 e. The van der Waals surface area contributed by atoms with E-state index in [1.807, 2.05) is 12.1 Å². The third-order valence-electron chi connectivity index (χ3n) is 6.89. The fourth-order valence-electron chi connectivity index (χ4n) is 4.71. The van der Waals surface area contributed by atoms with Gasteiger partial charge in [0.05, 0.1) is 6.20 Å². The predicted octanol–water partition coefficient (Wildman–Crippen LogP) is 4.84. The number of nitrogens with zero attached hydrogens (tertiary/aromatic N) is 4. The van der Waals surface area contributed by atoms with Crippen LogP contribution < -0.4 is 10.2 Å². The fraction of sp³-hybridized carbons (Fsp3) is 0.321. The molecular weight excluding hydrogens is 438 g/mol. The Morgan fingerprint density at radius 2 is 2.03 bits per heavy atom. The molecule has 1 amide bonds. The number of likely N-dealkylation sites (tertiary alicyclic amines) is 1. The van der Waals surface area contributed by atoms with Gasteiger partial charge in [-0.3, -0.25) is 4.79 Å². The summed E-state index contributed by atoms with van der Waals surface area (Å²) in [5, 5.41) is 3.15. The number of aromatic nitrogens is 2. The zero-order valence-corrected chi connectivity index (χ0v) is 20.3. The van der Waals surface area contributed by atoms with Crippen LogP contribution in [0.5, 0.6) is 0 Å². The molecule has 0 spiro atoms. The number of hydrogen-bond donors (Lipinski definition) is 1. The van der Waals surface area contributed by atoms with E-state index in [4.69, 9.17) is 4.42 Å². The molecule has 1 saturated heterocycles. The summed E-state index contributed by atoms with van der Waals surface area (Å²) in [6.07, 6.45) is 15.0. The molecule has 1 N–H and O–H groups in total. The molecule has 0 bridgehead atoms. The van der Waals surface area contributed by atoms with Crippen LogP contribution in [0, 0.1) is 0 Å². The van der Waals surface area contributed by atoms with Gasteiger partial charge in [-0.25, -0.2) is 9.97 Å². The summed E-state index contributed by atoms with van der Waals surface area (Å²) in [4.78, 5) is 26.4. The topological polar surface area (TPSA) is 74.5 Å². The van der Waals surface area contributed by atoms with E-state index in [1.165, 1.54) is 6.39 Å². The highest BCUT2D eigenvalue weighted by Crippen LogP contribution is 2.27. The van der Waals surface area contributed by atoms with Gasteiger partial charge in [0.2, 0.25) is 0 Å². The molecule has 0 radical (unpaired) electrons. The van der Waals surface area contributed by atoms with E-state index < -0.39 is 0 Å². The molecule has 1 aromatic carbocycles. The van der Waals surface area contributed by atoms with Gasteiger partial charge >= 0.3 is 0 Å². The van der Waals surface area contributed by atoms with Crippen molar-refractivity contribution in [1.29, 1.82) is 0 Å². The Hall–Kier alpha value is -3.71.